The fraction of sp³-hybridized carbons (Fsp3) is 0.429. The molecule has 1 aromatic rings. The largest absolute Gasteiger partial charge is 0.380 e. The van der Waals surface area contributed by atoms with Crippen molar-refractivity contribution in [3.63, 3.8) is 0 Å². The number of halogens is 2. The van der Waals surface area contributed by atoms with Crippen molar-refractivity contribution in [2.24, 2.45) is 17.8 Å². The molecule has 0 radical (unpaired) electrons. The summed E-state index contributed by atoms with van der Waals surface area (Å²) in [6, 6.07) is 3.95. The maximum Gasteiger partial charge on any atom is 0.149 e. The zero-order valence-corrected chi connectivity index (χ0v) is 9.50. The van der Waals surface area contributed by atoms with Crippen LogP contribution >= 0.6 is 0 Å². The average molecular weight is 235 g/mol. The number of allylic oxidation sites excluding steroid dienone is 2. The zero-order valence-electron chi connectivity index (χ0n) is 9.50. The van der Waals surface area contributed by atoms with Crippen molar-refractivity contribution >= 4 is 5.69 Å². The zero-order chi connectivity index (χ0) is 11.8. The summed E-state index contributed by atoms with van der Waals surface area (Å²) in [5, 5.41) is 2.92. The van der Waals surface area contributed by atoms with Gasteiger partial charge in [-0.1, -0.05) is 18.2 Å². The highest BCUT2D eigenvalue weighted by molar-refractivity contribution is 5.46. The summed E-state index contributed by atoms with van der Waals surface area (Å²) in [6.45, 7) is 0.656. The second-order valence-electron chi connectivity index (χ2n) is 5.02. The van der Waals surface area contributed by atoms with Crippen molar-refractivity contribution < 1.29 is 8.78 Å². The van der Waals surface area contributed by atoms with Gasteiger partial charge in [0.15, 0.2) is 0 Å². The van der Waals surface area contributed by atoms with E-state index in [1.165, 1.54) is 24.6 Å². The predicted octanol–water partition coefficient (Wildman–Crippen LogP) is 3.59. The molecule has 1 aromatic carbocycles. The Bertz CT molecular complexity index is 435. The summed E-state index contributed by atoms with van der Waals surface area (Å²) in [7, 11) is 0. The molecule has 0 spiro atoms. The first-order valence-corrected chi connectivity index (χ1v) is 6.10. The van der Waals surface area contributed by atoms with Gasteiger partial charge in [-0.05, 0) is 42.7 Å². The Morgan fingerprint density at radius 1 is 1.12 bits per heavy atom. The number of anilines is 1. The maximum absolute atomic E-state index is 13.4. The summed E-state index contributed by atoms with van der Waals surface area (Å²) >= 11 is 0. The number of para-hydroxylation sites is 1. The number of hydrogen-bond acceptors (Lipinski definition) is 1. The monoisotopic (exact) mass is 235 g/mol. The molecule has 3 heteroatoms. The highest BCUT2D eigenvalue weighted by atomic mass is 19.1. The van der Waals surface area contributed by atoms with Crippen molar-refractivity contribution in [1.29, 1.82) is 0 Å². The van der Waals surface area contributed by atoms with Gasteiger partial charge >= 0.3 is 0 Å². The average Bonchev–Trinajstić information content (AvgIpc) is 2.90. The highest BCUT2D eigenvalue weighted by Crippen LogP contribution is 2.43. The van der Waals surface area contributed by atoms with Crippen LogP contribution in [0.1, 0.15) is 12.8 Å². The molecule has 17 heavy (non-hydrogen) atoms. The van der Waals surface area contributed by atoms with E-state index in [2.05, 4.69) is 17.5 Å². The van der Waals surface area contributed by atoms with Crippen molar-refractivity contribution in [1.82, 2.24) is 0 Å². The normalized spacial score (nSPS) is 29.9. The summed E-state index contributed by atoms with van der Waals surface area (Å²) in [5.74, 6) is 0.788. The second-order valence-corrected chi connectivity index (χ2v) is 5.02. The molecule has 1 saturated carbocycles. The Labute approximate surface area is 99.5 Å². The van der Waals surface area contributed by atoms with Crippen molar-refractivity contribution in [3.8, 4) is 0 Å². The maximum atomic E-state index is 13.4. The van der Waals surface area contributed by atoms with E-state index in [4.69, 9.17) is 0 Å². The van der Waals surface area contributed by atoms with Gasteiger partial charge in [-0.3, -0.25) is 0 Å². The molecule has 90 valence electrons. The van der Waals surface area contributed by atoms with Crippen LogP contribution in [0.25, 0.3) is 0 Å². The van der Waals surface area contributed by atoms with Gasteiger partial charge in [0.05, 0.1) is 0 Å². The molecule has 3 atom stereocenters. The first-order valence-electron chi connectivity index (χ1n) is 6.10. The minimum atomic E-state index is -0.510. The van der Waals surface area contributed by atoms with Crippen LogP contribution < -0.4 is 5.32 Å². The van der Waals surface area contributed by atoms with E-state index in [0.717, 1.165) is 6.42 Å². The second kappa shape index (κ2) is 4.13. The molecule has 1 nitrogen and oxygen atoms in total. The summed E-state index contributed by atoms with van der Waals surface area (Å²) < 4.78 is 26.8. The lowest BCUT2D eigenvalue weighted by Crippen LogP contribution is -2.19. The lowest BCUT2D eigenvalue weighted by molar-refractivity contribution is 0.468. The smallest absolute Gasteiger partial charge is 0.149 e. The number of fused-ring (bicyclic) bond motifs is 2. The van der Waals surface area contributed by atoms with Gasteiger partial charge in [-0.15, -0.1) is 0 Å². The first-order chi connectivity index (χ1) is 8.24. The van der Waals surface area contributed by atoms with E-state index in [1.54, 1.807) is 0 Å². The van der Waals surface area contributed by atoms with Gasteiger partial charge in [-0.25, -0.2) is 8.78 Å². The molecule has 2 bridgehead atoms. The Hall–Kier alpha value is -1.38. The SMILES string of the molecule is Fc1cccc(F)c1NCC1CC2C=CC1C2. The van der Waals surface area contributed by atoms with Gasteiger partial charge in [0, 0.05) is 6.54 Å². The lowest BCUT2D eigenvalue weighted by atomic mass is 9.93. The summed E-state index contributed by atoms with van der Waals surface area (Å²) in [6.07, 6.45) is 6.87. The van der Waals surface area contributed by atoms with Crippen LogP contribution in [-0.2, 0) is 0 Å². The molecule has 2 aliphatic carbocycles. The molecule has 0 aliphatic heterocycles. The van der Waals surface area contributed by atoms with Crippen LogP contribution in [-0.4, -0.2) is 6.54 Å². The molecular formula is C14H15F2N. The molecule has 3 rings (SSSR count). The van der Waals surface area contributed by atoms with Crippen LogP contribution in [0.3, 0.4) is 0 Å². The van der Waals surface area contributed by atoms with E-state index in [-0.39, 0.29) is 5.69 Å². The van der Waals surface area contributed by atoms with Crippen LogP contribution in [0.2, 0.25) is 0 Å². The van der Waals surface area contributed by atoms with Gasteiger partial charge in [0.2, 0.25) is 0 Å². The highest BCUT2D eigenvalue weighted by Gasteiger charge is 2.35. The first kappa shape index (κ1) is 10.8. The summed E-state index contributed by atoms with van der Waals surface area (Å²) in [5.41, 5.74) is 0.0132. The molecule has 1 fully saturated rings. The van der Waals surface area contributed by atoms with Crippen LogP contribution in [0, 0.1) is 29.4 Å². The molecule has 1 N–H and O–H groups in total. The molecule has 3 unspecified atom stereocenters. The number of hydrogen-bond donors (Lipinski definition) is 1. The molecule has 0 aromatic heterocycles. The Morgan fingerprint density at radius 3 is 2.47 bits per heavy atom. The van der Waals surface area contributed by atoms with Gasteiger partial charge in [0.1, 0.15) is 17.3 Å². The van der Waals surface area contributed by atoms with E-state index in [1.807, 2.05) is 0 Å². The van der Waals surface area contributed by atoms with E-state index in [9.17, 15) is 8.78 Å². The fourth-order valence-corrected chi connectivity index (χ4v) is 3.03. The van der Waals surface area contributed by atoms with Gasteiger partial charge in [-0.2, -0.15) is 0 Å². The van der Waals surface area contributed by atoms with Crippen LogP contribution in [0.5, 0.6) is 0 Å². The molecule has 0 heterocycles. The predicted molar refractivity (Wildman–Crippen MR) is 63.7 cm³/mol. The standard InChI is InChI=1S/C14H15F2N/c15-12-2-1-3-13(16)14(12)17-8-11-7-9-4-5-10(11)6-9/h1-5,9-11,17H,6-8H2. The number of nitrogens with one attached hydrogen (secondary N) is 1. The van der Waals surface area contributed by atoms with E-state index < -0.39 is 11.6 Å². The van der Waals surface area contributed by atoms with Crippen LogP contribution in [0.15, 0.2) is 30.4 Å². The van der Waals surface area contributed by atoms with Crippen molar-refractivity contribution in [2.45, 2.75) is 12.8 Å². The van der Waals surface area contributed by atoms with E-state index in [0.29, 0.717) is 24.3 Å². The Kier molecular flexibility index (Phi) is 2.61. The summed E-state index contributed by atoms with van der Waals surface area (Å²) in [4.78, 5) is 0. The third kappa shape index (κ3) is 1.94. The Morgan fingerprint density at radius 2 is 1.88 bits per heavy atom. The number of benzene rings is 1. The molecule has 0 amide bonds. The van der Waals surface area contributed by atoms with Gasteiger partial charge in [0.25, 0.3) is 0 Å². The third-order valence-electron chi connectivity index (χ3n) is 3.92. The van der Waals surface area contributed by atoms with Crippen molar-refractivity contribution in [3.05, 3.63) is 42.0 Å². The van der Waals surface area contributed by atoms with E-state index >= 15 is 0 Å². The third-order valence-corrected chi connectivity index (χ3v) is 3.92. The fourth-order valence-electron chi connectivity index (χ4n) is 3.03. The molecule has 0 saturated heterocycles. The van der Waals surface area contributed by atoms with Crippen LogP contribution in [0.4, 0.5) is 14.5 Å². The topological polar surface area (TPSA) is 12.0 Å². The molecule has 2 aliphatic rings. The minimum absolute atomic E-state index is 0.0132. The minimum Gasteiger partial charge on any atom is -0.380 e. The lowest BCUT2D eigenvalue weighted by Gasteiger charge is -2.19. The van der Waals surface area contributed by atoms with Crippen molar-refractivity contribution in [2.75, 3.05) is 11.9 Å². The number of rotatable bonds is 3. The quantitative estimate of drug-likeness (QED) is 0.789. The Balaban J connectivity index is 1.66. The molecular weight excluding hydrogens is 220 g/mol. The van der Waals surface area contributed by atoms with Gasteiger partial charge < -0.3 is 5.32 Å².